The van der Waals surface area contributed by atoms with E-state index in [0.29, 0.717) is 42.8 Å². The highest BCUT2D eigenvalue weighted by atomic mass is 35.5. The minimum atomic E-state index is 0.528. The molecule has 1 aliphatic rings. The number of fused-ring (bicyclic) bond motifs is 1. The maximum absolute atomic E-state index is 6.27. The van der Waals surface area contributed by atoms with Crippen LogP contribution in [0.15, 0.2) is 34.9 Å². The van der Waals surface area contributed by atoms with Crippen molar-refractivity contribution in [1.82, 2.24) is 15.5 Å². The molecule has 2 N–H and O–H groups in total. The number of benzene rings is 1. The van der Waals surface area contributed by atoms with Gasteiger partial charge in [-0.05, 0) is 36.8 Å². The number of halogens is 1. The van der Waals surface area contributed by atoms with E-state index in [9.17, 15) is 0 Å². The maximum atomic E-state index is 6.27. The van der Waals surface area contributed by atoms with Gasteiger partial charge in [0.25, 0.3) is 0 Å². The van der Waals surface area contributed by atoms with Crippen LogP contribution >= 0.6 is 11.6 Å². The number of nitrogens with zero attached hydrogens (tertiary/aromatic N) is 1. The zero-order valence-electron chi connectivity index (χ0n) is 13.8. The lowest BCUT2D eigenvalue weighted by Gasteiger charge is -2.20. The molecule has 3 heterocycles. The lowest BCUT2D eigenvalue weighted by molar-refractivity contribution is 0.171. The third-order valence-electron chi connectivity index (χ3n) is 4.01. The quantitative estimate of drug-likeness (QED) is 0.726. The summed E-state index contributed by atoms with van der Waals surface area (Å²) in [6, 6.07) is 7.73. The summed E-state index contributed by atoms with van der Waals surface area (Å²) >= 11 is 6.27. The summed E-state index contributed by atoms with van der Waals surface area (Å²) in [5.41, 5.74) is 2.96. The third-order valence-corrected chi connectivity index (χ3v) is 4.29. The van der Waals surface area contributed by atoms with Gasteiger partial charge in [0.2, 0.25) is 0 Å². The summed E-state index contributed by atoms with van der Waals surface area (Å²) in [7, 11) is 0. The Kier molecular flexibility index (Phi) is 4.38. The van der Waals surface area contributed by atoms with Gasteiger partial charge in [-0.25, -0.2) is 0 Å². The van der Waals surface area contributed by atoms with Gasteiger partial charge >= 0.3 is 0 Å². The molecule has 0 aliphatic carbocycles. The molecule has 0 saturated heterocycles. The summed E-state index contributed by atoms with van der Waals surface area (Å²) in [5, 5.41) is 11.1. The molecular weight excluding hydrogens is 342 g/mol. The second kappa shape index (κ2) is 6.82. The molecule has 0 saturated carbocycles. The van der Waals surface area contributed by atoms with Crippen molar-refractivity contribution < 1.29 is 13.9 Å². The van der Waals surface area contributed by atoms with Crippen molar-refractivity contribution >= 4 is 11.6 Å². The topological polar surface area (TPSA) is 72.3 Å². The SMILES string of the molecule is Cc1ccc(-c2[nH]ncc2CNCc2cc(Cl)c3c(c2)OCCO3)o1. The van der Waals surface area contributed by atoms with Crippen LogP contribution in [0.1, 0.15) is 16.9 Å². The first-order chi connectivity index (χ1) is 12.2. The lowest BCUT2D eigenvalue weighted by atomic mass is 10.1. The molecule has 6 nitrogen and oxygen atoms in total. The van der Waals surface area contributed by atoms with E-state index >= 15 is 0 Å². The molecule has 2 aromatic heterocycles. The molecule has 0 amide bonds. The molecule has 0 spiro atoms. The number of aromatic amines is 1. The first-order valence-corrected chi connectivity index (χ1v) is 8.46. The van der Waals surface area contributed by atoms with Gasteiger partial charge in [-0.2, -0.15) is 5.10 Å². The van der Waals surface area contributed by atoms with Crippen LogP contribution in [0.3, 0.4) is 0 Å². The Morgan fingerprint density at radius 1 is 1.20 bits per heavy atom. The fourth-order valence-electron chi connectivity index (χ4n) is 2.84. The average molecular weight is 360 g/mol. The average Bonchev–Trinajstić information content (AvgIpc) is 3.24. The number of ether oxygens (including phenoxy) is 2. The number of H-pyrrole nitrogens is 1. The zero-order valence-corrected chi connectivity index (χ0v) is 14.5. The fraction of sp³-hybridized carbons (Fsp3) is 0.278. The van der Waals surface area contributed by atoms with Gasteiger partial charge in [-0.1, -0.05) is 11.6 Å². The molecule has 25 heavy (non-hydrogen) atoms. The summed E-state index contributed by atoms with van der Waals surface area (Å²) in [6.45, 7) is 4.29. The van der Waals surface area contributed by atoms with E-state index in [1.807, 2.05) is 31.2 Å². The Labute approximate surface area is 150 Å². The van der Waals surface area contributed by atoms with Crippen LogP contribution < -0.4 is 14.8 Å². The van der Waals surface area contributed by atoms with E-state index in [0.717, 1.165) is 28.3 Å². The molecule has 1 aromatic carbocycles. The Balaban J connectivity index is 1.44. The van der Waals surface area contributed by atoms with Crippen molar-refractivity contribution in [2.24, 2.45) is 0 Å². The molecule has 130 valence electrons. The summed E-state index contributed by atoms with van der Waals surface area (Å²) < 4.78 is 16.8. The van der Waals surface area contributed by atoms with Gasteiger partial charge in [-0.15, -0.1) is 0 Å². The van der Waals surface area contributed by atoms with E-state index in [-0.39, 0.29) is 0 Å². The molecule has 0 unspecified atom stereocenters. The van der Waals surface area contributed by atoms with Gasteiger partial charge in [-0.3, -0.25) is 5.10 Å². The maximum Gasteiger partial charge on any atom is 0.179 e. The Morgan fingerprint density at radius 3 is 2.92 bits per heavy atom. The van der Waals surface area contributed by atoms with Crippen molar-refractivity contribution in [3.63, 3.8) is 0 Å². The standard InChI is InChI=1S/C18H18ClN3O3/c1-11-2-3-15(25-11)17-13(10-21-22-17)9-20-8-12-6-14(19)18-16(7-12)23-4-5-24-18/h2-3,6-7,10,20H,4-5,8-9H2,1H3,(H,21,22). The first kappa shape index (κ1) is 16.1. The normalized spacial score (nSPS) is 13.2. The van der Waals surface area contributed by atoms with Crippen LogP contribution in [0, 0.1) is 6.92 Å². The van der Waals surface area contributed by atoms with Crippen LogP contribution in [0.4, 0.5) is 0 Å². The van der Waals surface area contributed by atoms with Crippen molar-refractivity contribution in [2.75, 3.05) is 13.2 Å². The van der Waals surface area contributed by atoms with Crippen LogP contribution in [-0.2, 0) is 13.1 Å². The van der Waals surface area contributed by atoms with Gasteiger partial charge in [0.15, 0.2) is 17.3 Å². The number of aryl methyl sites for hydroxylation is 1. The smallest absolute Gasteiger partial charge is 0.179 e. The number of furan rings is 1. The van der Waals surface area contributed by atoms with Crippen LogP contribution in [0.5, 0.6) is 11.5 Å². The van der Waals surface area contributed by atoms with E-state index < -0.39 is 0 Å². The van der Waals surface area contributed by atoms with Gasteiger partial charge in [0.05, 0.1) is 11.2 Å². The Bertz CT molecular complexity index is 888. The number of aromatic nitrogens is 2. The van der Waals surface area contributed by atoms with Gasteiger partial charge in [0.1, 0.15) is 24.7 Å². The Hall–Kier alpha value is -2.44. The van der Waals surface area contributed by atoms with Crippen molar-refractivity contribution in [2.45, 2.75) is 20.0 Å². The molecule has 0 fully saturated rings. The van der Waals surface area contributed by atoms with Crippen LogP contribution in [0.25, 0.3) is 11.5 Å². The molecule has 3 aromatic rings. The van der Waals surface area contributed by atoms with Crippen LogP contribution in [-0.4, -0.2) is 23.4 Å². The number of rotatable bonds is 5. The molecule has 0 bridgehead atoms. The highest BCUT2D eigenvalue weighted by Crippen LogP contribution is 2.38. The van der Waals surface area contributed by atoms with Gasteiger partial charge in [0, 0.05) is 18.7 Å². The zero-order chi connectivity index (χ0) is 17.2. The van der Waals surface area contributed by atoms with Gasteiger partial charge < -0.3 is 19.2 Å². The highest BCUT2D eigenvalue weighted by molar-refractivity contribution is 6.32. The predicted octanol–water partition coefficient (Wildman–Crippen LogP) is 3.69. The third kappa shape index (κ3) is 3.36. The minimum Gasteiger partial charge on any atom is -0.486 e. The van der Waals surface area contributed by atoms with E-state index in [2.05, 4.69) is 15.5 Å². The second-order valence-corrected chi connectivity index (χ2v) is 6.29. The summed E-state index contributed by atoms with van der Waals surface area (Å²) in [4.78, 5) is 0. The second-order valence-electron chi connectivity index (χ2n) is 5.89. The van der Waals surface area contributed by atoms with E-state index in [1.165, 1.54) is 0 Å². The summed E-state index contributed by atoms with van der Waals surface area (Å²) in [6.07, 6.45) is 1.80. The lowest BCUT2D eigenvalue weighted by Crippen LogP contribution is -2.17. The minimum absolute atomic E-state index is 0.528. The monoisotopic (exact) mass is 359 g/mol. The number of nitrogens with one attached hydrogen (secondary N) is 2. The van der Waals surface area contributed by atoms with E-state index in [1.54, 1.807) is 6.20 Å². The molecule has 0 radical (unpaired) electrons. The number of hydrogen-bond acceptors (Lipinski definition) is 5. The highest BCUT2D eigenvalue weighted by Gasteiger charge is 2.17. The fourth-order valence-corrected chi connectivity index (χ4v) is 3.12. The molecule has 4 rings (SSSR count). The van der Waals surface area contributed by atoms with Crippen molar-refractivity contribution in [1.29, 1.82) is 0 Å². The van der Waals surface area contributed by atoms with Crippen molar-refractivity contribution in [3.05, 3.63) is 52.4 Å². The predicted molar refractivity (Wildman–Crippen MR) is 94.0 cm³/mol. The molecule has 0 atom stereocenters. The van der Waals surface area contributed by atoms with Crippen LogP contribution in [0.2, 0.25) is 5.02 Å². The van der Waals surface area contributed by atoms with E-state index in [4.69, 9.17) is 25.5 Å². The number of hydrogen-bond donors (Lipinski definition) is 2. The van der Waals surface area contributed by atoms with Crippen molar-refractivity contribution in [3.8, 4) is 23.0 Å². The molecule has 1 aliphatic heterocycles. The Morgan fingerprint density at radius 2 is 2.08 bits per heavy atom. The molecule has 7 heteroatoms. The largest absolute Gasteiger partial charge is 0.486 e. The first-order valence-electron chi connectivity index (χ1n) is 8.08. The summed E-state index contributed by atoms with van der Waals surface area (Å²) in [5.74, 6) is 2.98. The molecular formula is C18H18ClN3O3.